The van der Waals surface area contributed by atoms with Gasteiger partial charge in [-0.3, -0.25) is 0 Å². The smallest absolute Gasteiger partial charge is 0.116 e. The Morgan fingerprint density at radius 2 is 1.74 bits per heavy atom. The molecule has 19 heavy (non-hydrogen) atoms. The fourth-order valence-electron chi connectivity index (χ4n) is 1.98. The molecule has 0 aliphatic heterocycles. The molecular formula is C17H13NO. The minimum Gasteiger partial charge on any atom is -0.508 e. The van der Waals surface area contributed by atoms with Gasteiger partial charge in [-0.1, -0.05) is 42.5 Å². The van der Waals surface area contributed by atoms with E-state index in [9.17, 15) is 5.11 Å². The Labute approximate surface area is 111 Å². The summed E-state index contributed by atoms with van der Waals surface area (Å²) in [6.45, 7) is 0. The first-order chi connectivity index (χ1) is 9.31. The molecule has 2 heteroatoms. The van der Waals surface area contributed by atoms with Crippen molar-refractivity contribution in [3.63, 3.8) is 0 Å². The van der Waals surface area contributed by atoms with Gasteiger partial charge < -0.3 is 5.11 Å². The van der Waals surface area contributed by atoms with E-state index in [2.05, 4.69) is 11.1 Å². The van der Waals surface area contributed by atoms with Crippen LogP contribution in [0.1, 0.15) is 11.3 Å². The van der Waals surface area contributed by atoms with Crippen molar-refractivity contribution < 1.29 is 5.11 Å². The lowest BCUT2D eigenvalue weighted by molar-refractivity contribution is 0.475. The molecule has 0 unspecified atom stereocenters. The number of nitrogens with zero attached hydrogens (tertiary/aromatic N) is 1. The zero-order valence-corrected chi connectivity index (χ0v) is 10.3. The van der Waals surface area contributed by atoms with Gasteiger partial charge in [-0.15, -0.1) is 0 Å². The van der Waals surface area contributed by atoms with E-state index in [1.165, 1.54) is 0 Å². The summed E-state index contributed by atoms with van der Waals surface area (Å²) in [5, 5.41) is 10.5. The van der Waals surface area contributed by atoms with Gasteiger partial charge in [0.1, 0.15) is 5.75 Å². The van der Waals surface area contributed by atoms with Gasteiger partial charge >= 0.3 is 0 Å². The average molecular weight is 247 g/mol. The lowest BCUT2D eigenvalue weighted by Gasteiger charge is -1.99. The number of hydrogen-bond acceptors (Lipinski definition) is 2. The molecule has 0 saturated heterocycles. The molecule has 1 aromatic heterocycles. The van der Waals surface area contributed by atoms with Crippen LogP contribution in [0.3, 0.4) is 0 Å². The number of rotatable bonds is 2. The van der Waals surface area contributed by atoms with Crippen LogP contribution in [0, 0.1) is 0 Å². The van der Waals surface area contributed by atoms with Gasteiger partial charge in [0.15, 0.2) is 0 Å². The number of para-hydroxylation sites is 1. The van der Waals surface area contributed by atoms with E-state index in [1.54, 1.807) is 12.1 Å². The third kappa shape index (κ3) is 2.63. The Morgan fingerprint density at radius 1 is 0.842 bits per heavy atom. The summed E-state index contributed by atoms with van der Waals surface area (Å²) < 4.78 is 0. The predicted octanol–water partition coefficient (Wildman–Crippen LogP) is 4.11. The molecule has 3 rings (SSSR count). The van der Waals surface area contributed by atoms with Crippen molar-refractivity contribution in [1.82, 2.24) is 4.98 Å². The summed E-state index contributed by atoms with van der Waals surface area (Å²) >= 11 is 0. The van der Waals surface area contributed by atoms with Crippen molar-refractivity contribution in [3.05, 3.63) is 71.9 Å². The average Bonchev–Trinajstić information content (AvgIpc) is 2.45. The van der Waals surface area contributed by atoms with E-state index in [-0.39, 0.29) is 5.75 Å². The van der Waals surface area contributed by atoms with Gasteiger partial charge in [-0.25, -0.2) is 4.98 Å². The van der Waals surface area contributed by atoms with Crippen LogP contribution in [0.25, 0.3) is 23.1 Å². The standard InChI is InChI=1S/C17H13NO/c19-16-6-3-4-13(12-16)8-10-15-11-9-14-5-1-2-7-17(14)18-15/h1-12,19H/b10-8+. The van der Waals surface area contributed by atoms with E-state index >= 15 is 0 Å². The lowest BCUT2D eigenvalue weighted by Crippen LogP contribution is -1.82. The molecular weight excluding hydrogens is 234 g/mol. The summed E-state index contributed by atoms with van der Waals surface area (Å²) in [6.07, 6.45) is 3.89. The van der Waals surface area contributed by atoms with Crippen LogP contribution >= 0.6 is 0 Å². The van der Waals surface area contributed by atoms with Crippen molar-refractivity contribution >= 4 is 23.1 Å². The van der Waals surface area contributed by atoms with Crippen LogP contribution in [0.2, 0.25) is 0 Å². The van der Waals surface area contributed by atoms with Crippen molar-refractivity contribution in [1.29, 1.82) is 0 Å². The van der Waals surface area contributed by atoms with Gasteiger partial charge in [0, 0.05) is 5.39 Å². The van der Waals surface area contributed by atoms with Crippen LogP contribution in [-0.2, 0) is 0 Å². The van der Waals surface area contributed by atoms with Gasteiger partial charge in [0.05, 0.1) is 11.2 Å². The molecule has 0 atom stereocenters. The molecule has 3 aromatic rings. The maximum Gasteiger partial charge on any atom is 0.116 e. The van der Waals surface area contributed by atoms with E-state index in [0.717, 1.165) is 22.2 Å². The van der Waals surface area contributed by atoms with Gasteiger partial charge in [-0.05, 0) is 35.9 Å². The first-order valence-corrected chi connectivity index (χ1v) is 6.14. The summed E-state index contributed by atoms with van der Waals surface area (Å²) in [6, 6.07) is 19.2. The van der Waals surface area contributed by atoms with Crippen molar-refractivity contribution in [3.8, 4) is 5.75 Å². The van der Waals surface area contributed by atoms with Crippen LogP contribution in [0.5, 0.6) is 5.75 Å². The minimum atomic E-state index is 0.272. The van der Waals surface area contributed by atoms with E-state index in [4.69, 9.17) is 0 Å². The maximum atomic E-state index is 9.40. The number of benzene rings is 2. The lowest BCUT2D eigenvalue weighted by atomic mass is 10.1. The van der Waals surface area contributed by atoms with E-state index in [0.29, 0.717) is 0 Å². The van der Waals surface area contributed by atoms with Crippen molar-refractivity contribution in [2.45, 2.75) is 0 Å². The molecule has 0 saturated carbocycles. The number of aromatic nitrogens is 1. The Bertz CT molecular complexity index is 747. The van der Waals surface area contributed by atoms with Crippen LogP contribution in [-0.4, -0.2) is 10.1 Å². The highest BCUT2D eigenvalue weighted by atomic mass is 16.3. The molecule has 0 amide bonds. The zero-order chi connectivity index (χ0) is 13.1. The molecule has 2 nitrogen and oxygen atoms in total. The number of hydrogen-bond donors (Lipinski definition) is 1. The third-order valence-corrected chi connectivity index (χ3v) is 2.94. The Balaban J connectivity index is 1.92. The summed E-state index contributed by atoms with van der Waals surface area (Å²) in [5.41, 5.74) is 2.84. The molecule has 0 spiro atoms. The maximum absolute atomic E-state index is 9.40. The van der Waals surface area contributed by atoms with Gasteiger partial charge in [0.2, 0.25) is 0 Å². The largest absolute Gasteiger partial charge is 0.508 e. The van der Waals surface area contributed by atoms with Crippen molar-refractivity contribution in [2.24, 2.45) is 0 Å². The minimum absolute atomic E-state index is 0.272. The molecule has 1 N–H and O–H groups in total. The molecule has 0 aliphatic rings. The second kappa shape index (κ2) is 4.94. The highest BCUT2D eigenvalue weighted by molar-refractivity contribution is 5.80. The normalized spacial score (nSPS) is 11.2. The van der Waals surface area contributed by atoms with Crippen LogP contribution in [0.15, 0.2) is 60.7 Å². The molecule has 1 heterocycles. The number of pyridine rings is 1. The summed E-state index contributed by atoms with van der Waals surface area (Å²) in [7, 11) is 0. The molecule has 2 aromatic carbocycles. The molecule has 92 valence electrons. The fraction of sp³-hybridized carbons (Fsp3) is 0. The third-order valence-electron chi connectivity index (χ3n) is 2.94. The highest BCUT2D eigenvalue weighted by Gasteiger charge is 1.95. The summed E-state index contributed by atoms with van der Waals surface area (Å²) in [5.74, 6) is 0.272. The predicted molar refractivity (Wildman–Crippen MR) is 78.8 cm³/mol. The summed E-state index contributed by atoms with van der Waals surface area (Å²) in [4.78, 5) is 4.56. The number of aromatic hydroxyl groups is 1. The second-order valence-electron chi connectivity index (χ2n) is 4.36. The Hall–Kier alpha value is -2.61. The van der Waals surface area contributed by atoms with Gasteiger partial charge in [0.25, 0.3) is 0 Å². The number of phenols is 1. The number of fused-ring (bicyclic) bond motifs is 1. The van der Waals surface area contributed by atoms with E-state index in [1.807, 2.05) is 54.6 Å². The zero-order valence-electron chi connectivity index (χ0n) is 10.3. The quantitative estimate of drug-likeness (QED) is 0.739. The SMILES string of the molecule is Oc1cccc(/C=C/c2ccc3ccccc3n2)c1. The fourth-order valence-corrected chi connectivity index (χ4v) is 1.98. The highest BCUT2D eigenvalue weighted by Crippen LogP contribution is 2.15. The molecule has 0 fully saturated rings. The monoisotopic (exact) mass is 247 g/mol. The topological polar surface area (TPSA) is 33.1 Å². The molecule has 0 radical (unpaired) electrons. The van der Waals surface area contributed by atoms with Crippen LogP contribution < -0.4 is 0 Å². The first kappa shape index (κ1) is 11.5. The molecule has 0 aliphatic carbocycles. The van der Waals surface area contributed by atoms with Gasteiger partial charge in [-0.2, -0.15) is 0 Å². The number of phenolic OH excluding ortho intramolecular Hbond substituents is 1. The Kier molecular flexibility index (Phi) is 2.99. The van der Waals surface area contributed by atoms with E-state index < -0.39 is 0 Å². The first-order valence-electron chi connectivity index (χ1n) is 6.14. The second-order valence-corrected chi connectivity index (χ2v) is 4.36. The molecule has 0 bridgehead atoms. The Morgan fingerprint density at radius 3 is 2.63 bits per heavy atom. The van der Waals surface area contributed by atoms with Crippen LogP contribution in [0.4, 0.5) is 0 Å². The van der Waals surface area contributed by atoms with Crippen molar-refractivity contribution in [2.75, 3.05) is 0 Å².